The fraction of sp³-hybridized carbons (Fsp3) is 0.500. The summed E-state index contributed by atoms with van der Waals surface area (Å²) >= 11 is 0. The van der Waals surface area contributed by atoms with Crippen molar-refractivity contribution in [2.24, 2.45) is 5.92 Å². The fourth-order valence-corrected chi connectivity index (χ4v) is 7.16. The van der Waals surface area contributed by atoms with E-state index in [9.17, 15) is 14.4 Å². The Morgan fingerprint density at radius 3 is 2.26 bits per heavy atom. The van der Waals surface area contributed by atoms with Gasteiger partial charge in [-0.2, -0.15) is 0 Å². The zero-order valence-electron chi connectivity index (χ0n) is 31.7. The van der Waals surface area contributed by atoms with Crippen LogP contribution in [0.3, 0.4) is 0 Å². The molecule has 0 aromatic heterocycles. The summed E-state index contributed by atoms with van der Waals surface area (Å²) in [5, 5.41) is 3.30. The van der Waals surface area contributed by atoms with Gasteiger partial charge in [0.05, 0.1) is 19.4 Å². The molecule has 0 spiro atoms. The second-order valence-electron chi connectivity index (χ2n) is 14.7. The molecule has 264 valence electrons. The first-order valence-electron chi connectivity index (χ1n) is 18.2. The molecule has 0 saturated heterocycles. The summed E-state index contributed by atoms with van der Waals surface area (Å²) in [4.78, 5) is 38.2. The molecule has 50 heavy (non-hydrogen) atoms. The molecule has 1 aliphatic heterocycles. The number of benzene rings is 3. The molecular formula is C42H54NNaO6. The van der Waals surface area contributed by atoms with Crippen molar-refractivity contribution in [3.8, 4) is 11.5 Å². The zero-order valence-corrected chi connectivity index (χ0v) is 32.7. The van der Waals surface area contributed by atoms with Crippen molar-refractivity contribution < 1.29 is 59.6 Å². The van der Waals surface area contributed by atoms with Crippen LogP contribution in [0.15, 0.2) is 66.7 Å². The van der Waals surface area contributed by atoms with Crippen molar-refractivity contribution >= 4 is 23.5 Å². The van der Waals surface area contributed by atoms with Crippen LogP contribution in [0, 0.1) is 5.92 Å². The van der Waals surface area contributed by atoms with Gasteiger partial charge in [0, 0.05) is 29.2 Å². The molecule has 1 fully saturated rings. The van der Waals surface area contributed by atoms with Crippen LogP contribution in [0.5, 0.6) is 11.5 Å². The molecule has 1 N–H and O–H groups in total. The van der Waals surface area contributed by atoms with Crippen LogP contribution in [-0.2, 0) is 35.7 Å². The van der Waals surface area contributed by atoms with Crippen LogP contribution in [0.4, 0.5) is 5.69 Å². The Morgan fingerprint density at radius 1 is 0.900 bits per heavy atom. The third kappa shape index (κ3) is 11.2. The zero-order chi connectivity index (χ0) is 34.8. The van der Waals surface area contributed by atoms with Gasteiger partial charge in [0.2, 0.25) is 5.91 Å². The molecule has 5 rings (SSSR count). The quantitative estimate of drug-likeness (QED) is 0.112. The number of nitrogens with one attached hydrogen (secondary N) is 1. The van der Waals surface area contributed by atoms with Crippen molar-refractivity contribution in [3.05, 3.63) is 89.0 Å². The number of aryl methyl sites for hydroxylation is 1. The molecule has 3 aromatic rings. The van der Waals surface area contributed by atoms with Crippen molar-refractivity contribution in [1.29, 1.82) is 0 Å². The van der Waals surface area contributed by atoms with E-state index in [-0.39, 0.29) is 79.1 Å². The van der Waals surface area contributed by atoms with Gasteiger partial charge < -0.3 is 21.0 Å². The number of hydrogen-bond acceptors (Lipinski definition) is 6. The molecule has 1 amide bonds. The van der Waals surface area contributed by atoms with E-state index in [2.05, 4.69) is 51.2 Å². The Hall–Kier alpha value is -3.13. The average Bonchev–Trinajstić information content (AvgIpc) is 3.08. The Morgan fingerprint density at radius 2 is 1.58 bits per heavy atom. The number of amides is 1. The predicted octanol–water partition coefficient (Wildman–Crippen LogP) is 6.92. The molecule has 2 unspecified atom stereocenters. The van der Waals surface area contributed by atoms with E-state index in [1.54, 1.807) is 0 Å². The molecule has 0 bridgehead atoms. The van der Waals surface area contributed by atoms with Crippen molar-refractivity contribution in [2.45, 2.75) is 122 Å². The molecule has 3 aromatic carbocycles. The number of fused-ring (bicyclic) bond motifs is 2. The summed E-state index contributed by atoms with van der Waals surface area (Å²) in [5.74, 6) is 1.27. The van der Waals surface area contributed by atoms with E-state index in [4.69, 9.17) is 14.2 Å². The topological polar surface area (TPSA) is 90.9 Å². The van der Waals surface area contributed by atoms with Gasteiger partial charge in [-0.05, 0) is 79.2 Å². The first kappa shape index (κ1) is 39.7. The molecule has 1 saturated carbocycles. The summed E-state index contributed by atoms with van der Waals surface area (Å²) < 4.78 is 17.2. The Labute approximate surface area is 322 Å². The minimum atomic E-state index is -0.332. The van der Waals surface area contributed by atoms with E-state index in [1.165, 1.54) is 5.56 Å². The van der Waals surface area contributed by atoms with E-state index < -0.39 is 0 Å². The maximum Gasteiger partial charge on any atom is 1.00 e. The van der Waals surface area contributed by atoms with E-state index in [1.807, 2.05) is 48.5 Å². The standard InChI is InChI=1S/C42H53NO6.Na.H/c1-5-6-11-25-47-40(45)23-24-41(46)48-31-14-12-13-29(26-31)19-20-30-21-22-35(42(2,3)4)36(27-30)43-39(44)28-34-32-15-7-9-17-37(32)49-38-18-10-8-16-33(34)38;;/h7-10,15-18,21-22,27,29,31,34H,5-6,11-14,19-20,23-26,28H2,1-4H3,(H,43,44);;/q;+1;-1. The first-order valence-corrected chi connectivity index (χ1v) is 18.2. The second kappa shape index (κ2) is 18.9. The third-order valence-corrected chi connectivity index (χ3v) is 9.78. The molecule has 8 heteroatoms. The van der Waals surface area contributed by atoms with Crippen LogP contribution >= 0.6 is 0 Å². The number of anilines is 1. The molecule has 2 aliphatic rings. The van der Waals surface area contributed by atoms with Crippen molar-refractivity contribution in [1.82, 2.24) is 0 Å². The van der Waals surface area contributed by atoms with Crippen LogP contribution in [0.1, 0.15) is 128 Å². The smallest absolute Gasteiger partial charge is 1.00 e. The van der Waals surface area contributed by atoms with Crippen LogP contribution in [0.2, 0.25) is 0 Å². The van der Waals surface area contributed by atoms with Crippen molar-refractivity contribution in [3.63, 3.8) is 0 Å². The number of para-hydroxylation sites is 2. The average molecular weight is 692 g/mol. The van der Waals surface area contributed by atoms with Crippen LogP contribution < -0.4 is 39.6 Å². The Balaban J connectivity index is 0.00000351. The summed E-state index contributed by atoms with van der Waals surface area (Å²) in [5.41, 5.74) is 5.05. The number of unbranched alkanes of at least 4 members (excludes halogenated alkanes) is 2. The van der Waals surface area contributed by atoms with E-state index in [0.29, 0.717) is 18.9 Å². The van der Waals surface area contributed by atoms with Gasteiger partial charge in [-0.15, -0.1) is 0 Å². The monoisotopic (exact) mass is 691 g/mol. The summed E-state index contributed by atoms with van der Waals surface area (Å²) in [6, 6.07) is 22.4. The van der Waals surface area contributed by atoms with Crippen molar-refractivity contribution in [2.75, 3.05) is 11.9 Å². The number of carbonyl (C=O) groups is 3. The largest absolute Gasteiger partial charge is 1.00 e. The third-order valence-electron chi connectivity index (χ3n) is 9.78. The van der Waals surface area contributed by atoms with Gasteiger partial charge in [0.1, 0.15) is 17.6 Å². The minimum absolute atomic E-state index is 0. The minimum Gasteiger partial charge on any atom is -1.00 e. The predicted molar refractivity (Wildman–Crippen MR) is 194 cm³/mol. The number of carbonyl (C=O) groups excluding carboxylic acids is 3. The van der Waals surface area contributed by atoms with E-state index >= 15 is 0 Å². The molecule has 7 nitrogen and oxygen atoms in total. The van der Waals surface area contributed by atoms with E-state index in [0.717, 1.165) is 91.7 Å². The fourth-order valence-electron chi connectivity index (χ4n) is 7.16. The molecule has 1 heterocycles. The number of ether oxygens (including phenoxy) is 3. The van der Waals surface area contributed by atoms with Gasteiger partial charge in [0.15, 0.2) is 0 Å². The number of esters is 2. The van der Waals surface area contributed by atoms with Crippen LogP contribution in [-0.4, -0.2) is 30.6 Å². The summed E-state index contributed by atoms with van der Waals surface area (Å²) in [7, 11) is 0. The van der Waals surface area contributed by atoms with Gasteiger partial charge in [0.25, 0.3) is 0 Å². The SMILES string of the molecule is CCCCCOC(=O)CCC(=O)OC1CCCC(CCc2ccc(C(C)(C)C)c(NC(=O)CC3c4ccccc4Oc4ccccc43)c2)C1.[H-].[Na+]. The van der Waals surface area contributed by atoms with Gasteiger partial charge >= 0.3 is 41.5 Å². The first-order chi connectivity index (χ1) is 23.6. The maximum absolute atomic E-state index is 13.8. The Kier molecular flexibility index (Phi) is 15.0. The Bertz CT molecular complexity index is 1560. The number of hydrogen-bond donors (Lipinski definition) is 1. The summed E-state index contributed by atoms with van der Waals surface area (Å²) in [6.07, 6.45) is 8.98. The van der Waals surface area contributed by atoms with Crippen LogP contribution in [0.25, 0.3) is 0 Å². The van der Waals surface area contributed by atoms with Gasteiger partial charge in [-0.25, -0.2) is 0 Å². The van der Waals surface area contributed by atoms with Gasteiger partial charge in [-0.1, -0.05) is 95.5 Å². The molecular weight excluding hydrogens is 637 g/mol. The molecule has 1 aliphatic carbocycles. The molecule has 2 atom stereocenters. The molecule has 0 radical (unpaired) electrons. The maximum atomic E-state index is 13.8. The van der Waals surface area contributed by atoms with Gasteiger partial charge in [-0.3, -0.25) is 14.4 Å². The second-order valence-corrected chi connectivity index (χ2v) is 14.7. The number of rotatable bonds is 14. The normalized spacial score (nSPS) is 17.0. The summed E-state index contributed by atoms with van der Waals surface area (Å²) in [6.45, 7) is 9.03.